The van der Waals surface area contributed by atoms with Crippen molar-refractivity contribution in [3.63, 3.8) is 0 Å². The second kappa shape index (κ2) is 5.46. The Morgan fingerprint density at radius 1 is 1.19 bits per heavy atom. The molecule has 3 aromatic rings. The van der Waals surface area contributed by atoms with E-state index in [1.807, 2.05) is 16.0 Å². The second-order valence-electron chi connectivity index (χ2n) is 4.55. The predicted octanol–water partition coefficient (Wildman–Crippen LogP) is 3.15. The smallest absolute Gasteiger partial charge is 0.210 e. The summed E-state index contributed by atoms with van der Waals surface area (Å²) >= 11 is 7.55. The van der Waals surface area contributed by atoms with E-state index < -0.39 is 9.84 Å². The van der Waals surface area contributed by atoms with Crippen LogP contribution in [0.5, 0.6) is 0 Å². The van der Waals surface area contributed by atoms with Crippen LogP contribution in [0.2, 0.25) is 5.02 Å². The number of aromatic nitrogens is 1. The van der Waals surface area contributed by atoms with Gasteiger partial charge in [0.2, 0.25) is 9.84 Å². The molecule has 3 rings (SSSR count). The molecular formula is C14H13ClN2O2S2. The van der Waals surface area contributed by atoms with Crippen molar-refractivity contribution in [1.82, 2.24) is 4.57 Å². The number of thiophene rings is 1. The van der Waals surface area contributed by atoms with Gasteiger partial charge in [-0.25, -0.2) is 8.42 Å². The van der Waals surface area contributed by atoms with Crippen LogP contribution in [0.3, 0.4) is 0 Å². The lowest BCUT2D eigenvalue weighted by molar-refractivity contribution is 0.596. The summed E-state index contributed by atoms with van der Waals surface area (Å²) in [6, 6.07) is 8.30. The molecule has 2 heterocycles. The molecule has 0 unspecified atom stereocenters. The van der Waals surface area contributed by atoms with Crippen molar-refractivity contribution in [2.45, 2.75) is 16.3 Å². The zero-order valence-electron chi connectivity index (χ0n) is 11.0. The van der Waals surface area contributed by atoms with Crippen LogP contribution in [-0.2, 0) is 16.4 Å². The molecule has 2 aromatic heterocycles. The van der Waals surface area contributed by atoms with Crippen molar-refractivity contribution in [2.24, 2.45) is 5.73 Å². The third-order valence-electron chi connectivity index (χ3n) is 3.23. The fourth-order valence-corrected chi connectivity index (χ4v) is 5.24. The van der Waals surface area contributed by atoms with E-state index in [4.69, 9.17) is 17.3 Å². The van der Waals surface area contributed by atoms with E-state index >= 15 is 0 Å². The van der Waals surface area contributed by atoms with Crippen molar-refractivity contribution in [1.29, 1.82) is 0 Å². The topological polar surface area (TPSA) is 65.1 Å². The van der Waals surface area contributed by atoms with Gasteiger partial charge in [0.05, 0.1) is 14.8 Å². The highest BCUT2D eigenvalue weighted by Crippen LogP contribution is 2.35. The number of nitrogens with two attached hydrogens (primary N) is 1. The van der Waals surface area contributed by atoms with Gasteiger partial charge in [0.1, 0.15) is 4.83 Å². The molecule has 0 saturated carbocycles. The Kier molecular flexibility index (Phi) is 3.79. The summed E-state index contributed by atoms with van der Waals surface area (Å²) in [5.74, 6) is 0. The number of sulfone groups is 1. The highest BCUT2D eigenvalue weighted by molar-refractivity contribution is 7.91. The summed E-state index contributed by atoms with van der Waals surface area (Å²) in [6.45, 7) is 1.03. The molecule has 1 aromatic carbocycles. The number of hydrogen-bond acceptors (Lipinski definition) is 4. The van der Waals surface area contributed by atoms with Gasteiger partial charge in [-0.1, -0.05) is 23.7 Å². The molecule has 0 radical (unpaired) electrons. The van der Waals surface area contributed by atoms with Crippen molar-refractivity contribution < 1.29 is 8.42 Å². The molecule has 0 aliphatic heterocycles. The lowest BCUT2D eigenvalue weighted by Crippen LogP contribution is -2.08. The van der Waals surface area contributed by atoms with Gasteiger partial charge in [0.25, 0.3) is 0 Å². The number of nitrogens with zero attached hydrogens (tertiary/aromatic N) is 1. The Bertz CT molecular complexity index is 897. The molecule has 4 nitrogen and oxygen atoms in total. The Morgan fingerprint density at radius 2 is 1.95 bits per heavy atom. The van der Waals surface area contributed by atoms with Gasteiger partial charge < -0.3 is 10.3 Å². The Labute approximate surface area is 131 Å². The summed E-state index contributed by atoms with van der Waals surface area (Å²) in [5.41, 5.74) is 5.59. The van der Waals surface area contributed by atoms with Crippen LogP contribution < -0.4 is 5.73 Å². The van der Waals surface area contributed by atoms with Crippen molar-refractivity contribution >= 4 is 43.0 Å². The monoisotopic (exact) mass is 340 g/mol. The maximum atomic E-state index is 12.9. The molecule has 21 heavy (non-hydrogen) atoms. The average Bonchev–Trinajstić information content (AvgIpc) is 3.03. The van der Waals surface area contributed by atoms with E-state index in [0.29, 0.717) is 18.5 Å². The summed E-state index contributed by atoms with van der Waals surface area (Å²) in [5, 5.41) is 2.82. The molecule has 0 atom stereocenters. The molecule has 2 N–H and O–H groups in total. The number of fused-ring (bicyclic) bond motifs is 1. The molecular weight excluding hydrogens is 328 g/mol. The third-order valence-corrected chi connectivity index (χ3v) is 6.46. The summed E-state index contributed by atoms with van der Waals surface area (Å²) < 4.78 is 27.6. The van der Waals surface area contributed by atoms with Crippen LogP contribution in [0.15, 0.2) is 51.7 Å². The van der Waals surface area contributed by atoms with E-state index in [0.717, 1.165) is 4.83 Å². The van der Waals surface area contributed by atoms with E-state index in [9.17, 15) is 8.42 Å². The largest absolute Gasteiger partial charge is 0.337 e. The maximum absolute atomic E-state index is 12.9. The minimum absolute atomic E-state index is 0.129. The SMILES string of the molecule is NCCn1cc(S(=O)(=O)c2ccccc2Cl)c2ccsc21. The average molecular weight is 341 g/mol. The van der Waals surface area contributed by atoms with E-state index in [1.165, 1.54) is 17.4 Å². The number of hydrogen-bond donors (Lipinski definition) is 1. The quantitative estimate of drug-likeness (QED) is 0.793. The second-order valence-corrected chi connectivity index (χ2v) is 7.74. The van der Waals surface area contributed by atoms with Crippen molar-refractivity contribution in [3.8, 4) is 0 Å². The van der Waals surface area contributed by atoms with Gasteiger partial charge in [-0.2, -0.15) is 0 Å². The van der Waals surface area contributed by atoms with Gasteiger partial charge in [0, 0.05) is 24.7 Å². The third kappa shape index (κ3) is 2.38. The molecule has 0 fully saturated rings. The Balaban J connectivity index is 2.25. The maximum Gasteiger partial charge on any atom is 0.210 e. The van der Waals surface area contributed by atoms with Gasteiger partial charge in [-0.05, 0) is 23.6 Å². The molecule has 0 amide bonds. The van der Waals surface area contributed by atoms with Crippen LogP contribution in [0.4, 0.5) is 0 Å². The summed E-state index contributed by atoms with van der Waals surface area (Å²) in [6.07, 6.45) is 1.65. The Hall–Kier alpha value is -1.34. The summed E-state index contributed by atoms with van der Waals surface area (Å²) in [4.78, 5) is 1.32. The first-order valence-electron chi connectivity index (χ1n) is 6.31. The lowest BCUT2D eigenvalue weighted by atomic mass is 10.4. The molecule has 0 bridgehead atoms. The molecule has 0 saturated heterocycles. The number of benzene rings is 1. The van der Waals surface area contributed by atoms with Crippen LogP contribution in [0.1, 0.15) is 0 Å². The molecule has 0 aliphatic rings. The van der Waals surface area contributed by atoms with Crippen molar-refractivity contribution in [3.05, 3.63) is 46.9 Å². The molecule has 0 spiro atoms. The van der Waals surface area contributed by atoms with Gasteiger partial charge >= 0.3 is 0 Å². The van der Waals surface area contributed by atoms with Gasteiger partial charge in [-0.15, -0.1) is 11.3 Å². The molecule has 110 valence electrons. The molecule has 0 aliphatic carbocycles. The zero-order chi connectivity index (χ0) is 15.0. The van der Waals surface area contributed by atoms with Crippen LogP contribution in [0, 0.1) is 0 Å². The highest BCUT2D eigenvalue weighted by atomic mass is 35.5. The van der Waals surface area contributed by atoms with Crippen molar-refractivity contribution in [2.75, 3.05) is 6.54 Å². The van der Waals surface area contributed by atoms with Crippen LogP contribution >= 0.6 is 22.9 Å². The van der Waals surface area contributed by atoms with Crippen LogP contribution in [-0.4, -0.2) is 19.5 Å². The van der Waals surface area contributed by atoms with Gasteiger partial charge in [0.15, 0.2) is 0 Å². The Morgan fingerprint density at radius 3 is 2.67 bits per heavy atom. The van der Waals surface area contributed by atoms with Crippen LogP contribution in [0.25, 0.3) is 10.2 Å². The lowest BCUT2D eigenvalue weighted by Gasteiger charge is -2.05. The van der Waals surface area contributed by atoms with E-state index in [-0.39, 0.29) is 14.8 Å². The fraction of sp³-hybridized carbons (Fsp3) is 0.143. The normalized spacial score (nSPS) is 12.1. The highest BCUT2D eigenvalue weighted by Gasteiger charge is 2.25. The molecule has 7 heteroatoms. The predicted molar refractivity (Wildman–Crippen MR) is 85.8 cm³/mol. The minimum atomic E-state index is -3.65. The van der Waals surface area contributed by atoms with E-state index in [2.05, 4.69) is 0 Å². The van der Waals surface area contributed by atoms with Gasteiger partial charge in [-0.3, -0.25) is 0 Å². The minimum Gasteiger partial charge on any atom is -0.337 e. The number of rotatable bonds is 4. The first kappa shape index (κ1) is 14.6. The zero-order valence-corrected chi connectivity index (χ0v) is 13.4. The standard InChI is InChI=1S/C14H13ClN2O2S2/c15-11-3-1-2-4-12(11)21(18,19)13-9-17(7-6-16)14-10(13)5-8-20-14/h1-5,8-9H,6-7,16H2. The first-order chi connectivity index (χ1) is 10.1. The summed E-state index contributed by atoms with van der Waals surface area (Å²) in [7, 11) is -3.65. The first-order valence-corrected chi connectivity index (χ1v) is 9.06. The fourth-order valence-electron chi connectivity index (χ4n) is 2.28. The number of halogens is 1. The van der Waals surface area contributed by atoms with E-state index in [1.54, 1.807) is 24.4 Å².